The summed E-state index contributed by atoms with van der Waals surface area (Å²) in [5.74, 6) is 0.363. The van der Waals surface area contributed by atoms with E-state index in [-0.39, 0.29) is 0 Å². The fraction of sp³-hybridized carbons (Fsp3) is 0.0833. The van der Waals surface area contributed by atoms with E-state index in [1.165, 1.54) is 11.6 Å². The largest absolute Gasteiger partial charge is 0.324 e. The molecule has 0 spiro atoms. The van der Waals surface area contributed by atoms with Gasteiger partial charge in [0, 0.05) is 18.2 Å². The van der Waals surface area contributed by atoms with E-state index in [1.807, 2.05) is 48.5 Å². The summed E-state index contributed by atoms with van der Waals surface area (Å²) in [6.07, 6.45) is 3.85. The number of hydroxylamine groups is 1. The average molecular weight is 383 g/mol. The number of nitrogens with one attached hydrogen (secondary N) is 1. The molecule has 0 saturated carbocycles. The third kappa shape index (κ3) is 4.25. The summed E-state index contributed by atoms with van der Waals surface area (Å²) in [5, 5.41) is 8.58. The van der Waals surface area contributed by atoms with Gasteiger partial charge in [-0.1, -0.05) is 66.7 Å². The first-order valence-electron chi connectivity index (χ1n) is 9.46. The van der Waals surface area contributed by atoms with Gasteiger partial charge in [-0.15, -0.1) is 0 Å². The highest BCUT2D eigenvalue weighted by Crippen LogP contribution is 2.26. The third-order valence-corrected chi connectivity index (χ3v) is 4.83. The Bertz CT molecular complexity index is 1150. The van der Waals surface area contributed by atoms with E-state index in [0.29, 0.717) is 0 Å². The molecule has 0 saturated heterocycles. The number of fused-ring (bicyclic) bond motifs is 1. The number of amides is 1. The predicted molar refractivity (Wildman–Crippen MR) is 114 cm³/mol. The van der Waals surface area contributed by atoms with Crippen LogP contribution in [0.25, 0.3) is 28.5 Å². The van der Waals surface area contributed by atoms with Crippen molar-refractivity contribution in [2.75, 3.05) is 0 Å². The quantitative estimate of drug-likeness (QED) is 0.293. The first-order valence-corrected chi connectivity index (χ1v) is 9.46. The van der Waals surface area contributed by atoms with Crippen molar-refractivity contribution in [3.8, 4) is 11.4 Å². The molecule has 144 valence electrons. The van der Waals surface area contributed by atoms with Crippen LogP contribution < -0.4 is 5.48 Å². The predicted octanol–water partition coefficient (Wildman–Crippen LogP) is 4.46. The zero-order valence-corrected chi connectivity index (χ0v) is 15.8. The Morgan fingerprint density at radius 1 is 0.966 bits per heavy atom. The molecule has 0 aliphatic carbocycles. The first-order chi connectivity index (χ1) is 14.2. The van der Waals surface area contributed by atoms with Crippen molar-refractivity contribution in [3.63, 3.8) is 0 Å². The molecule has 0 bridgehead atoms. The number of rotatable bonds is 6. The second-order valence-electron chi connectivity index (χ2n) is 6.74. The van der Waals surface area contributed by atoms with Gasteiger partial charge in [0.25, 0.3) is 5.91 Å². The van der Waals surface area contributed by atoms with Crippen LogP contribution in [0, 0.1) is 0 Å². The number of hydrogen-bond acceptors (Lipinski definition) is 3. The molecule has 0 atom stereocenters. The van der Waals surface area contributed by atoms with Gasteiger partial charge in [-0.05, 0) is 35.8 Å². The number of carbonyl (C=O) groups excluding carboxylic acids is 1. The van der Waals surface area contributed by atoms with Crippen LogP contribution in [-0.2, 0) is 17.8 Å². The number of benzene rings is 3. The topological polar surface area (TPSA) is 67.2 Å². The summed E-state index contributed by atoms with van der Waals surface area (Å²) in [5.41, 5.74) is 6.84. The maximum absolute atomic E-state index is 11.1. The Balaban J connectivity index is 1.66. The summed E-state index contributed by atoms with van der Waals surface area (Å²) in [6, 6.07) is 26.4. The molecule has 1 heterocycles. The fourth-order valence-electron chi connectivity index (χ4n) is 3.36. The van der Waals surface area contributed by atoms with E-state index in [9.17, 15) is 4.79 Å². The van der Waals surface area contributed by atoms with Crippen molar-refractivity contribution in [3.05, 3.63) is 96.1 Å². The smallest absolute Gasteiger partial charge is 0.267 e. The Morgan fingerprint density at radius 3 is 2.45 bits per heavy atom. The van der Waals surface area contributed by atoms with E-state index in [0.717, 1.165) is 41.0 Å². The van der Waals surface area contributed by atoms with Crippen LogP contribution in [0.5, 0.6) is 0 Å². The van der Waals surface area contributed by atoms with Gasteiger partial charge in [-0.2, -0.15) is 0 Å². The molecule has 29 heavy (non-hydrogen) atoms. The number of imidazole rings is 1. The van der Waals surface area contributed by atoms with Gasteiger partial charge in [-0.25, -0.2) is 10.5 Å². The molecular formula is C24H21N3O2. The minimum atomic E-state index is -0.559. The lowest BCUT2D eigenvalue weighted by atomic mass is 10.1. The number of carbonyl (C=O) groups is 1. The summed E-state index contributed by atoms with van der Waals surface area (Å²) in [4.78, 5) is 16.0. The monoisotopic (exact) mass is 383 g/mol. The van der Waals surface area contributed by atoms with Crippen molar-refractivity contribution in [1.29, 1.82) is 0 Å². The summed E-state index contributed by atoms with van der Waals surface area (Å²) in [6.45, 7) is 0.832. The number of aromatic nitrogens is 2. The molecule has 1 amide bonds. The molecule has 1 aromatic heterocycles. The van der Waals surface area contributed by atoms with E-state index in [2.05, 4.69) is 34.9 Å². The Labute approximate surface area is 168 Å². The standard InChI is InChI=1S/C24H21N3O2/c28-23(26-29)15-12-19-10-13-20(14-11-19)24-25-21-8-4-5-9-22(21)27(24)17-16-18-6-2-1-3-7-18/h1-15,29H,16-17H2,(H,26,28). The Kier molecular flexibility index (Phi) is 5.49. The molecule has 4 rings (SSSR count). The number of hydrogen-bond donors (Lipinski definition) is 2. The van der Waals surface area contributed by atoms with Crippen LogP contribution in [0.2, 0.25) is 0 Å². The van der Waals surface area contributed by atoms with Gasteiger partial charge >= 0.3 is 0 Å². The molecule has 3 aromatic carbocycles. The van der Waals surface area contributed by atoms with E-state index < -0.39 is 5.91 Å². The van der Waals surface area contributed by atoms with Crippen molar-refractivity contribution in [2.45, 2.75) is 13.0 Å². The number of nitrogens with zero attached hydrogens (tertiary/aromatic N) is 2. The van der Waals surface area contributed by atoms with Gasteiger partial charge in [0.1, 0.15) is 5.82 Å². The average Bonchev–Trinajstić information content (AvgIpc) is 3.15. The summed E-state index contributed by atoms with van der Waals surface area (Å²) in [7, 11) is 0. The van der Waals surface area contributed by atoms with Gasteiger partial charge in [-0.3, -0.25) is 10.0 Å². The normalized spacial score (nSPS) is 11.2. The molecule has 0 aliphatic rings. The Hall–Kier alpha value is -3.70. The maximum Gasteiger partial charge on any atom is 0.267 e. The minimum Gasteiger partial charge on any atom is -0.324 e. The lowest BCUT2D eigenvalue weighted by molar-refractivity contribution is -0.124. The highest BCUT2D eigenvalue weighted by Gasteiger charge is 2.12. The highest BCUT2D eigenvalue weighted by molar-refractivity contribution is 5.90. The molecule has 0 aliphatic heterocycles. The number of para-hydroxylation sites is 2. The lowest BCUT2D eigenvalue weighted by Gasteiger charge is -2.10. The van der Waals surface area contributed by atoms with E-state index >= 15 is 0 Å². The molecule has 2 N–H and O–H groups in total. The molecule has 0 fully saturated rings. The fourth-order valence-corrected chi connectivity index (χ4v) is 3.36. The summed E-state index contributed by atoms with van der Waals surface area (Å²) >= 11 is 0. The van der Waals surface area contributed by atoms with Crippen molar-refractivity contribution >= 4 is 23.0 Å². The van der Waals surface area contributed by atoms with Crippen molar-refractivity contribution in [1.82, 2.24) is 15.0 Å². The van der Waals surface area contributed by atoms with Crippen molar-refractivity contribution < 1.29 is 10.0 Å². The molecule has 5 nitrogen and oxygen atoms in total. The summed E-state index contributed by atoms with van der Waals surface area (Å²) < 4.78 is 2.26. The van der Waals surface area contributed by atoms with Crippen LogP contribution in [-0.4, -0.2) is 20.7 Å². The Morgan fingerprint density at radius 2 is 1.69 bits per heavy atom. The number of aryl methyl sites for hydroxylation is 2. The van der Waals surface area contributed by atoms with Gasteiger partial charge in [0.2, 0.25) is 0 Å². The molecule has 5 heteroatoms. The van der Waals surface area contributed by atoms with Crippen molar-refractivity contribution in [2.24, 2.45) is 0 Å². The van der Waals surface area contributed by atoms with Crippen LogP contribution in [0.3, 0.4) is 0 Å². The molecule has 4 aromatic rings. The van der Waals surface area contributed by atoms with Gasteiger partial charge < -0.3 is 4.57 Å². The second kappa shape index (κ2) is 8.54. The molecular weight excluding hydrogens is 362 g/mol. The molecule has 0 radical (unpaired) electrons. The molecule has 0 unspecified atom stereocenters. The third-order valence-electron chi connectivity index (χ3n) is 4.83. The zero-order chi connectivity index (χ0) is 20.1. The van der Waals surface area contributed by atoms with Gasteiger partial charge in [0.15, 0.2) is 0 Å². The SMILES string of the molecule is O=C(C=Cc1ccc(-c2nc3ccccc3n2CCc2ccccc2)cc1)NO. The lowest BCUT2D eigenvalue weighted by Crippen LogP contribution is -2.14. The van der Waals surface area contributed by atoms with E-state index in [4.69, 9.17) is 10.2 Å². The van der Waals surface area contributed by atoms with E-state index in [1.54, 1.807) is 11.6 Å². The zero-order valence-electron chi connectivity index (χ0n) is 15.8. The second-order valence-corrected chi connectivity index (χ2v) is 6.74. The minimum absolute atomic E-state index is 0.559. The van der Waals surface area contributed by atoms with Crippen LogP contribution >= 0.6 is 0 Å². The first kappa shape index (κ1) is 18.7. The highest BCUT2D eigenvalue weighted by atomic mass is 16.5. The maximum atomic E-state index is 11.1. The van der Waals surface area contributed by atoms with Gasteiger partial charge in [0.05, 0.1) is 11.0 Å². The van der Waals surface area contributed by atoms with Crippen LogP contribution in [0.15, 0.2) is 84.9 Å². The van der Waals surface area contributed by atoms with Crippen LogP contribution in [0.4, 0.5) is 0 Å². The van der Waals surface area contributed by atoms with Crippen LogP contribution in [0.1, 0.15) is 11.1 Å².